The Kier molecular flexibility index (Phi) is 4.18. The first kappa shape index (κ1) is 10.5. The van der Waals surface area contributed by atoms with E-state index in [-0.39, 0.29) is 6.04 Å². The van der Waals surface area contributed by atoms with Crippen LogP contribution in [-0.2, 0) is 0 Å². The molecule has 3 N–H and O–H groups in total. The van der Waals surface area contributed by atoms with Crippen molar-refractivity contribution in [3.8, 4) is 0 Å². The molecule has 1 heterocycles. The van der Waals surface area contributed by atoms with E-state index in [9.17, 15) is 0 Å². The Hall–Kier alpha value is -0.610. The molecular formula is C9H14BrN3. The molecule has 1 atom stereocenters. The quantitative estimate of drug-likeness (QED) is 0.851. The maximum Gasteiger partial charge on any atom is 0.125 e. The molecule has 0 amide bonds. The Balaban J connectivity index is 2.33. The molecule has 0 aliphatic carbocycles. The zero-order chi connectivity index (χ0) is 9.68. The van der Waals surface area contributed by atoms with Crippen LogP contribution in [0.25, 0.3) is 0 Å². The molecule has 4 heteroatoms. The van der Waals surface area contributed by atoms with Gasteiger partial charge in [0, 0.05) is 23.3 Å². The summed E-state index contributed by atoms with van der Waals surface area (Å²) < 4.78 is 0.991. The summed E-state index contributed by atoms with van der Waals surface area (Å²) in [6.07, 6.45) is 2.73. The zero-order valence-corrected chi connectivity index (χ0v) is 9.21. The van der Waals surface area contributed by atoms with Crippen LogP contribution >= 0.6 is 15.9 Å². The topological polar surface area (TPSA) is 50.9 Å². The molecule has 1 unspecified atom stereocenters. The average Bonchev–Trinajstić information content (AvgIpc) is 2.08. The molecule has 13 heavy (non-hydrogen) atoms. The van der Waals surface area contributed by atoms with Gasteiger partial charge in [-0.3, -0.25) is 0 Å². The number of nitrogens with two attached hydrogens (primary N) is 1. The summed E-state index contributed by atoms with van der Waals surface area (Å²) >= 11 is 3.33. The van der Waals surface area contributed by atoms with Crippen LogP contribution in [0.2, 0.25) is 0 Å². The molecule has 0 saturated carbocycles. The number of anilines is 1. The van der Waals surface area contributed by atoms with Crippen LogP contribution in [-0.4, -0.2) is 17.6 Å². The van der Waals surface area contributed by atoms with Crippen molar-refractivity contribution < 1.29 is 0 Å². The van der Waals surface area contributed by atoms with E-state index in [1.54, 1.807) is 6.20 Å². The first-order valence-corrected chi connectivity index (χ1v) is 5.09. The van der Waals surface area contributed by atoms with Gasteiger partial charge in [-0.2, -0.15) is 0 Å². The van der Waals surface area contributed by atoms with Crippen molar-refractivity contribution in [3.05, 3.63) is 22.8 Å². The number of hydrogen-bond donors (Lipinski definition) is 2. The lowest BCUT2D eigenvalue weighted by Gasteiger charge is -2.07. The monoisotopic (exact) mass is 243 g/mol. The van der Waals surface area contributed by atoms with E-state index in [4.69, 9.17) is 5.73 Å². The van der Waals surface area contributed by atoms with Gasteiger partial charge in [0.1, 0.15) is 5.82 Å². The third-order valence-electron chi connectivity index (χ3n) is 1.63. The van der Waals surface area contributed by atoms with Crippen LogP contribution in [0.4, 0.5) is 5.82 Å². The Morgan fingerprint density at radius 2 is 2.38 bits per heavy atom. The number of hydrogen-bond acceptors (Lipinski definition) is 3. The summed E-state index contributed by atoms with van der Waals surface area (Å²) in [5.74, 6) is 0.892. The normalized spacial score (nSPS) is 12.5. The standard InChI is InChI=1S/C9H14BrN3/c1-7(11)4-5-12-9-3-2-8(10)6-13-9/h2-3,6-7H,4-5,11H2,1H3,(H,12,13). The van der Waals surface area contributed by atoms with Crippen LogP contribution in [0, 0.1) is 0 Å². The van der Waals surface area contributed by atoms with E-state index in [0.717, 1.165) is 23.3 Å². The van der Waals surface area contributed by atoms with E-state index < -0.39 is 0 Å². The molecule has 1 aromatic heterocycles. The molecule has 72 valence electrons. The van der Waals surface area contributed by atoms with Crippen molar-refractivity contribution in [2.45, 2.75) is 19.4 Å². The molecule has 0 bridgehead atoms. The smallest absolute Gasteiger partial charge is 0.125 e. The maximum atomic E-state index is 5.61. The third kappa shape index (κ3) is 4.24. The molecule has 0 aliphatic heterocycles. The van der Waals surface area contributed by atoms with Crippen LogP contribution in [0.1, 0.15) is 13.3 Å². The van der Waals surface area contributed by atoms with E-state index in [1.807, 2.05) is 19.1 Å². The van der Waals surface area contributed by atoms with Crippen molar-refractivity contribution >= 4 is 21.7 Å². The van der Waals surface area contributed by atoms with Crippen LogP contribution in [0.5, 0.6) is 0 Å². The Labute approximate surface area is 86.9 Å². The fourth-order valence-corrected chi connectivity index (χ4v) is 1.14. The molecular weight excluding hydrogens is 230 g/mol. The number of pyridine rings is 1. The number of aromatic nitrogens is 1. The second kappa shape index (κ2) is 5.19. The van der Waals surface area contributed by atoms with Crippen molar-refractivity contribution in [1.29, 1.82) is 0 Å². The molecule has 0 saturated heterocycles. The third-order valence-corrected chi connectivity index (χ3v) is 2.10. The molecule has 1 rings (SSSR count). The first-order valence-electron chi connectivity index (χ1n) is 4.29. The lowest BCUT2D eigenvalue weighted by molar-refractivity contribution is 0.689. The maximum absolute atomic E-state index is 5.61. The van der Waals surface area contributed by atoms with Crippen LogP contribution < -0.4 is 11.1 Å². The molecule has 0 spiro atoms. The van der Waals surface area contributed by atoms with Gasteiger partial charge >= 0.3 is 0 Å². The van der Waals surface area contributed by atoms with Crippen molar-refractivity contribution in [1.82, 2.24) is 4.98 Å². The largest absolute Gasteiger partial charge is 0.370 e. The van der Waals surface area contributed by atoms with Gasteiger partial charge in [0.05, 0.1) is 0 Å². The Morgan fingerprint density at radius 3 is 2.92 bits per heavy atom. The number of rotatable bonds is 4. The zero-order valence-electron chi connectivity index (χ0n) is 7.63. The van der Waals surface area contributed by atoms with E-state index in [2.05, 4.69) is 26.2 Å². The highest BCUT2D eigenvalue weighted by Gasteiger charge is 1.95. The van der Waals surface area contributed by atoms with Gasteiger partial charge in [0.2, 0.25) is 0 Å². The number of nitrogens with one attached hydrogen (secondary N) is 1. The van der Waals surface area contributed by atoms with Crippen molar-refractivity contribution in [2.75, 3.05) is 11.9 Å². The number of nitrogens with zero attached hydrogens (tertiary/aromatic N) is 1. The molecule has 0 aromatic carbocycles. The summed E-state index contributed by atoms with van der Waals surface area (Å²) in [5.41, 5.74) is 5.61. The average molecular weight is 244 g/mol. The van der Waals surface area contributed by atoms with Gasteiger partial charge < -0.3 is 11.1 Å². The van der Waals surface area contributed by atoms with Gasteiger partial charge in [0.25, 0.3) is 0 Å². The minimum absolute atomic E-state index is 0.239. The molecule has 1 aromatic rings. The van der Waals surface area contributed by atoms with Crippen LogP contribution in [0.15, 0.2) is 22.8 Å². The highest BCUT2D eigenvalue weighted by atomic mass is 79.9. The van der Waals surface area contributed by atoms with Gasteiger partial charge in [-0.25, -0.2) is 4.98 Å². The van der Waals surface area contributed by atoms with E-state index in [1.165, 1.54) is 0 Å². The predicted octanol–water partition coefficient (Wildman–Crippen LogP) is 1.99. The summed E-state index contributed by atoms with van der Waals surface area (Å²) in [5, 5.41) is 3.19. The Bertz CT molecular complexity index is 246. The molecule has 3 nitrogen and oxygen atoms in total. The highest BCUT2D eigenvalue weighted by molar-refractivity contribution is 9.10. The van der Waals surface area contributed by atoms with Gasteiger partial charge in [-0.05, 0) is 41.4 Å². The van der Waals surface area contributed by atoms with Crippen molar-refractivity contribution in [2.24, 2.45) is 5.73 Å². The Morgan fingerprint density at radius 1 is 1.62 bits per heavy atom. The minimum atomic E-state index is 0.239. The van der Waals surface area contributed by atoms with Gasteiger partial charge in [0.15, 0.2) is 0 Å². The van der Waals surface area contributed by atoms with E-state index >= 15 is 0 Å². The van der Waals surface area contributed by atoms with Crippen LogP contribution in [0.3, 0.4) is 0 Å². The fourth-order valence-electron chi connectivity index (χ4n) is 0.908. The highest BCUT2D eigenvalue weighted by Crippen LogP contribution is 2.10. The van der Waals surface area contributed by atoms with Gasteiger partial charge in [-0.1, -0.05) is 0 Å². The second-order valence-corrected chi connectivity index (χ2v) is 3.97. The minimum Gasteiger partial charge on any atom is -0.370 e. The van der Waals surface area contributed by atoms with Gasteiger partial charge in [-0.15, -0.1) is 0 Å². The molecule has 0 aliphatic rings. The summed E-state index contributed by atoms with van der Waals surface area (Å²) in [4.78, 5) is 4.18. The van der Waals surface area contributed by atoms with E-state index in [0.29, 0.717) is 0 Å². The van der Waals surface area contributed by atoms with Crippen molar-refractivity contribution in [3.63, 3.8) is 0 Å². The lowest BCUT2D eigenvalue weighted by Crippen LogP contribution is -2.19. The first-order chi connectivity index (χ1) is 6.18. The molecule has 0 fully saturated rings. The molecule has 0 radical (unpaired) electrons. The lowest BCUT2D eigenvalue weighted by atomic mass is 10.2. The summed E-state index contributed by atoms with van der Waals surface area (Å²) in [6.45, 7) is 2.86. The second-order valence-electron chi connectivity index (χ2n) is 3.05. The number of halogens is 1. The predicted molar refractivity (Wildman–Crippen MR) is 58.7 cm³/mol. The fraction of sp³-hybridized carbons (Fsp3) is 0.444. The summed E-state index contributed by atoms with van der Waals surface area (Å²) in [6, 6.07) is 4.13. The summed E-state index contributed by atoms with van der Waals surface area (Å²) in [7, 11) is 0. The SMILES string of the molecule is CC(N)CCNc1ccc(Br)cn1.